The molecule has 0 saturated heterocycles. The van der Waals surface area contributed by atoms with Gasteiger partial charge in [-0.05, 0) is 23.3 Å². The molecule has 0 fully saturated rings. The van der Waals surface area contributed by atoms with Gasteiger partial charge in [-0.15, -0.1) is 0 Å². The fourth-order valence-electron chi connectivity index (χ4n) is 2.97. The second-order valence-corrected chi connectivity index (χ2v) is 6.89. The molecule has 1 unspecified atom stereocenters. The molecule has 156 valence electrons. The summed E-state index contributed by atoms with van der Waals surface area (Å²) in [5.74, 6) is 0.663. The average molecular weight is 417 g/mol. The summed E-state index contributed by atoms with van der Waals surface area (Å²) in [6, 6.07) is 16.9. The van der Waals surface area contributed by atoms with E-state index in [2.05, 4.69) is 5.32 Å². The molecule has 7 heteroatoms. The smallest absolute Gasteiger partial charge is 0.220 e. The van der Waals surface area contributed by atoms with Crippen molar-refractivity contribution in [2.24, 2.45) is 0 Å². The summed E-state index contributed by atoms with van der Waals surface area (Å²) >= 11 is 5.70. The molecule has 0 aliphatic carbocycles. The maximum Gasteiger partial charge on any atom is 0.220 e. The molecule has 2 aromatic carbocycles. The molecule has 0 spiro atoms. The van der Waals surface area contributed by atoms with E-state index >= 15 is 0 Å². The van der Waals surface area contributed by atoms with Gasteiger partial charge < -0.3 is 24.4 Å². The lowest BCUT2D eigenvalue weighted by Gasteiger charge is -2.33. The van der Waals surface area contributed by atoms with Crippen LogP contribution in [0.4, 0.5) is 0 Å². The minimum absolute atomic E-state index is 0.0751. The Bertz CT molecular complexity index is 779. The fourth-order valence-corrected chi connectivity index (χ4v) is 3.31. The van der Waals surface area contributed by atoms with Crippen molar-refractivity contribution in [3.8, 4) is 5.75 Å². The van der Waals surface area contributed by atoms with Gasteiger partial charge in [-0.25, -0.2) is 0 Å². The first-order chi connectivity index (χ1) is 14.0. The van der Waals surface area contributed by atoms with Crippen LogP contribution in [0.2, 0.25) is 0 Å². The third-order valence-electron chi connectivity index (χ3n) is 4.56. The molecular formula is C22H28N2O4S. The van der Waals surface area contributed by atoms with Crippen LogP contribution in [-0.4, -0.2) is 50.0 Å². The second kappa shape index (κ2) is 11.5. The number of thiocarbonyl (C=S) groups is 1. The highest BCUT2D eigenvalue weighted by Crippen LogP contribution is 2.26. The van der Waals surface area contributed by atoms with E-state index in [9.17, 15) is 4.79 Å². The van der Waals surface area contributed by atoms with Gasteiger partial charge in [0.15, 0.2) is 6.29 Å². The first-order valence-electron chi connectivity index (χ1n) is 9.28. The third-order valence-corrected chi connectivity index (χ3v) is 4.93. The largest absolute Gasteiger partial charge is 0.497 e. The third kappa shape index (κ3) is 6.52. The standard InChI is InChI=1S/C22H28N2O4S/c1-16(25)24(15-17-8-6-5-7-9-17)21(18-10-12-19(26-2)13-11-18)22(29)23-14-20(27-3)28-4/h5-13,20-21H,14-15H2,1-4H3,(H,23,29). The van der Waals surface area contributed by atoms with E-state index in [4.69, 9.17) is 26.4 Å². The average Bonchev–Trinajstić information content (AvgIpc) is 2.75. The zero-order valence-corrected chi connectivity index (χ0v) is 18.1. The van der Waals surface area contributed by atoms with Gasteiger partial charge in [0.1, 0.15) is 16.8 Å². The van der Waals surface area contributed by atoms with E-state index in [1.165, 1.54) is 0 Å². The first-order valence-corrected chi connectivity index (χ1v) is 9.69. The van der Waals surface area contributed by atoms with Gasteiger partial charge in [0.25, 0.3) is 0 Å². The van der Waals surface area contributed by atoms with Crippen LogP contribution >= 0.6 is 12.2 Å². The summed E-state index contributed by atoms with van der Waals surface area (Å²) in [4.78, 5) is 14.9. The quantitative estimate of drug-likeness (QED) is 0.474. The number of methoxy groups -OCH3 is 3. The Hall–Kier alpha value is -2.48. The van der Waals surface area contributed by atoms with Crippen molar-refractivity contribution in [1.82, 2.24) is 10.2 Å². The van der Waals surface area contributed by atoms with E-state index in [0.717, 1.165) is 16.9 Å². The Balaban J connectivity index is 2.34. The Morgan fingerprint density at radius 3 is 2.17 bits per heavy atom. The molecule has 2 aromatic rings. The van der Waals surface area contributed by atoms with Gasteiger partial charge in [0.05, 0.1) is 13.7 Å². The molecule has 0 heterocycles. The number of ether oxygens (including phenoxy) is 3. The fraction of sp³-hybridized carbons (Fsp3) is 0.364. The van der Waals surface area contributed by atoms with Gasteiger partial charge in [-0.2, -0.15) is 0 Å². The summed E-state index contributed by atoms with van der Waals surface area (Å²) < 4.78 is 15.7. The number of carbonyl (C=O) groups is 1. The van der Waals surface area contributed by atoms with Crippen LogP contribution in [0.15, 0.2) is 54.6 Å². The predicted octanol–water partition coefficient (Wildman–Crippen LogP) is 3.32. The summed E-state index contributed by atoms with van der Waals surface area (Å²) in [6.45, 7) is 2.36. The van der Waals surface area contributed by atoms with Gasteiger partial charge in [0, 0.05) is 27.7 Å². The van der Waals surface area contributed by atoms with Crippen LogP contribution in [0.3, 0.4) is 0 Å². The van der Waals surface area contributed by atoms with Gasteiger partial charge in [-0.3, -0.25) is 4.79 Å². The van der Waals surface area contributed by atoms with Gasteiger partial charge >= 0.3 is 0 Å². The highest BCUT2D eigenvalue weighted by atomic mass is 32.1. The number of nitrogens with one attached hydrogen (secondary N) is 1. The SMILES string of the molecule is COc1ccc(C(C(=S)NCC(OC)OC)N(Cc2ccccc2)C(C)=O)cc1. The van der Waals surface area contributed by atoms with Gasteiger partial charge in [-0.1, -0.05) is 54.7 Å². The summed E-state index contributed by atoms with van der Waals surface area (Å²) in [6.07, 6.45) is -0.440. The zero-order valence-electron chi connectivity index (χ0n) is 17.3. The topological polar surface area (TPSA) is 60.0 Å². The molecule has 0 aliphatic rings. The molecule has 0 aliphatic heterocycles. The molecule has 1 atom stereocenters. The first kappa shape index (κ1) is 22.8. The van der Waals surface area contributed by atoms with Crippen LogP contribution in [0, 0.1) is 0 Å². The van der Waals surface area contributed by atoms with Crippen molar-refractivity contribution >= 4 is 23.1 Å². The second-order valence-electron chi connectivity index (χ2n) is 6.45. The minimum Gasteiger partial charge on any atom is -0.497 e. The van der Waals surface area contributed by atoms with Crippen LogP contribution < -0.4 is 10.1 Å². The van der Waals surface area contributed by atoms with E-state index in [1.807, 2.05) is 54.6 Å². The lowest BCUT2D eigenvalue weighted by Crippen LogP contribution is -2.44. The molecule has 1 amide bonds. The number of carbonyl (C=O) groups excluding carboxylic acids is 1. The molecule has 0 saturated carbocycles. The summed E-state index contributed by atoms with van der Waals surface area (Å²) in [7, 11) is 4.75. The van der Waals surface area contributed by atoms with Crippen molar-refractivity contribution in [2.45, 2.75) is 25.8 Å². The van der Waals surface area contributed by atoms with E-state index < -0.39 is 12.3 Å². The highest BCUT2D eigenvalue weighted by molar-refractivity contribution is 7.80. The van der Waals surface area contributed by atoms with Crippen molar-refractivity contribution in [3.05, 3.63) is 65.7 Å². The maximum atomic E-state index is 12.6. The van der Waals surface area contributed by atoms with Crippen LogP contribution in [-0.2, 0) is 20.8 Å². The van der Waals surface area contributed by atoms with Crippen molar-refractivity contribution in [2.75, 3.05) is 27.9 Å². The Morgan fingerprint density at radius 2 is 1.66 bits per heavy atom. The van der Waals surface area contributed by atoms with Crippen LogP contribution in [0.1, 0.15) is 24.1 Å². The zero-order chi connectivity index (χ0) is 21.2. The van der Waals surface area contributed by atoms with Crippen molar-refractivity contribution in [1.29, 1.82) is 0 Å². The Labute approximate surface area is 177 Å². The Morgan fingerprint density at radius 1 is 1.03 bits per heavy atom. The molecule has 2 rings (SSSR count). The molecule has 6 nitrogen and oxygen atoms in total. The molecular weight excluding hydrogens is 388 g/mol. The van der Waals surface area contributed by atoms with E-state index in [-0.39, 0.29) is 5.91 Å². The molecule has 1 N–H and O–H groups in total. The number of rotatable bonds is 10. The van der Waals surface area contributed by atoms with Crippen LogP contribution in [0.5, 0.6) is 5.75 Å². The predicted molar refractivity (Wildman–Crippen MR) is 117 cm³/mol. The van der Waals surface area contributed by atoms with E-state index in [0.29, 0.717) is 18.1 Å². The normalized spacial score (nSPS) is 11.8. The Kier molecular flexibility index (Phi) is 9.05. The summed E-state index contributed by atoms with van der Waals surface area (Å²) in [5.41, 5.74) is 1.91. The number of hydrogen-bond donors (Lipinski definition) is 1. The molecule has 29 heavy (non-hydrogen) atoms. The van der Waals surface area contributed by atoms with Crippen molar-refractivity contribution in [3.63, 3.8) is 0 Å². The monoisotopic (exact) mass is 416 g/mol. The number of benzene rings is 2. The lowest BCUT2D eigenvalue weighted by atomic mass is 10.0. The molecule has 0 radical (unpaired) electrons. The maximum absolute atomic E-state index is 12.6. The summed E-state index contributed by atoms with van der Waals surface area (Å²) in [5, 5.41) is 3.19. The van der Waals surface area contributed by atoms with Gasteiger partial charge in [0.2, 0.25) is 5.91 Å². The highest BCUT2D eigenvalue weighted by Gasteiger charge is 2.27. The van der Waals surface area contributed by atoms with Crippen LogP contribution in [0.25, 0.3) is 0 Å². The minimum atomic E-state index is -0.442. The van der Waals surface area contributed by atoms with Crippen molar-refractivity contribution < 1.29 is 19.0 Å². The molecule has 0 aromatic heterocycles. The number of nitrogens with zero attached hydrogens (tertiary/aromatic N) is 1. The number of amides is 1. The van der Waals surface area contributed by atoms with E-state index in [1.54, 1.807) is 33.2 Å². The number of hydrogen-bond acceptors (Lipinski definition) is 5. The molecule has 0 bridgehead atoms. The lowest BCUT2D eigenvalue weighted by molar-refractivity contribution is -0.130.